The van der Waals surface area contributed by atoms with Gasteiger partial charge in [-0.15, -0.1) is 0 Å². The van der Waals surface area contributed by atoms with Crippen molar-refractivity contribution in [2.45, 2.75) is 97.9 Å². The number of carboxylic acid groups (broad SMARTS) is 1. The predicted molar refractivity (Wildman–Crippen MR) is 148 cm³/mol. The quantitative estimate of drug-likeness (QED) is 0.0606. The van der Waals surface area contributed by atoms with Crippen LogP contribution >= 0.6 is 0 Å². The summed E-state index contributed by atoms with van der Waals surface area (Å²) in [5, 5.41) is 19.7. The third-order valence-corrected chi connectivity index (χ3v) is 5.92. The van der Waals surface area contributed by atoms with E-state index in [4.69, 9.17) is 17.2 Å². The number of nitrogens with zero attached hydrogens (tertiary/aromatic N) is 1. The normalized spacial score (nSPS) is 15.1. The van der Waals surface area contributed by atoms with Crippen LogP contribution in [0.1, 0.15) is 67.7 Å². The number of nitrogens with one attached hydrogen (secondary N) is 4. The van der Waals surface area contributed by atoms with Gasteiger partial charge in [-0.1, -0.05) is 41.5 Å². The van der Waals surface area contributed by atoms with E-state index in [2.05, 4.69) is 26.3 Å². The number of hydrogen-bond donors (Lipinski definition) is 8. The van der Waals surface area contributed by atoms with E-state index in [-0.39, 0.29) is 43.1 Å². The van der Waals surface area contributed by atoms with Crippen LogP contribution in [0.4, 0.5) is 0 Å². The van der Waals surface area contributed by atoms with Crippen molar-refractivity contribution in [3.8, 4) is 0 Å². The van der Waals surface area contributed by atoms with E-state index >= 15 is 0 Å². The Bertz CT molecular complexity index is 873. The van der Waals surface area contributed by atoms with E-state index in [0.29, 0.717) is 6.42 Å². The van der Waals surface area contributed by atoms with Gasteiger partial charge in [-0.25, -0.2) is 4.79 Å². The van der Waals surface area contributed by atoms with E-state index in [1.807, 2.05) is 13.8 Å². The second-order valence-corrected chi connectivity index (χ2v) is 10.8. The minimum Gasteiger partial charge on any atom is -0.480 e. The van der Waals surface area contributed by atoms with Crippen molar-refractivity contribution in [1.29, 1.82) is 0 Å². The third kappa shape index (κ3) is 13.8. The fourth-order valence-electron chi connectivity index (χ4n) is 3.49. The lowest BCUT2D eigenvalue weighted by Gasteiger charge is -2.27. The number of carboxylic acids is 1. The summed E-state index contributed by atoms with van der Waals surface area (Å²) in [7, 11) is 0. The molecule has 0 aliphatic rings. The monoisotopic (exact) mass is 556 g/mol. The van der Waals surface area contributed by atoms with E-state index < -0.39 is 59.8 Å². The molecule has 5 atom stereocenters. The molecule has 0 aromatic rings. The SMILES string of the molecule is CC(C)C[C@H](NC(=O)[C@@H](NC(=O)[C@H](C)NC(=O)[C@H](CCCN=C(N)N)NC(=O)[C@@H](N)C(C)C)C(C)C)C(=O)O. The highest BCUT2D eigenvalue weighted by molar-refractivity contribution is 5.95. The number of hydrogen-bond acceptors (Lipinski definition) is 7. The molecule has 0 saturated carbocycles. The van der Waals surface area contributed by atoms with Gasteiger partial charge in [0, 0.05) is 6.54 Å². The molecule has 11 N–H and O–H groups in total. The average Bonchev–Trinajstić information content (AvgIpc) is 2.81. The number of amides is 4. The van der Waals surface area contributed by atoms with Gasteiger partial charge in [0.05, 0.1) is 6.04 Å². The fraction of sp³-hybridized carbons (Fsp3) is 0.760. The molecular formula is C25H48N8O6. The van der Waals surface area contributed by atoms with Crippen molar-refractivity contribution in [2.75, 3.05) is 6.54 Å². The van der Waals surface area contributed by atoms with Crippen molar-refractivity contribution >= 4 is 35.6 Å². The topological polar surface area (TPSA) is 244 Å². The van der Waals surface area contributed by atoms with Crippen LogP contribution in [0, 0.1) is 17.8 Å². The second kappa shape index (κ2) is 17.2. The fourth-order valence-corrected chi connectivity index (χ4v) is 3.49. The summed E-state index contributed by atoms with van der Waals surface area (Å²) in [6.07, 6.45) is 0.768. The van der Waals surface area contributed by atoms with E-state index in [1.54, 1.807) is 27.7 Å². The van der Waals surface area contributed by atoms with E-state index in [1.165, 1.54) is 6.92 Å². The first-order chi connectivity index (χ1) is 18.0. The standard InChI is InChI=1S/C25H48N8O6/c1-12(2)11-17(24(38)39)32-23(37)19(14(5)6)33-20(34)15(7)30-21(35)16(9-8-10-29-25(27)28)31-22(36)18(26)13(3)4/h12-19H,8-11,26H2,1-7H3,(H,30,35)(H,31,36)(H,32,37)(H,33,34)(H,38,39)(H4,27,28,29)/t15-,16-,17-,18-,19-/m0/s1. The zero-order valence-electron chi connectivity index (χ0n) is 24.1. The lowest BCUT2D eigenvalue weighted by Crippen LogP contribution is -2.59. The predicted octanol–water partition coefficient (Wildman–Crippen LogP) is -1.23. The smallest absolute Gasteiger partial charge is 0.326 e. The molecule has 0 aliphatic heterocycles. The summed E-state index contributed by atoms with van der Waals surface area (Å²) in [5.74, 6) is -4.22. The Balaban J connectivity index is 5.45. The molecule has 0 spiro atoms. The van der Waals surface area contributed by atoms with Gasteiger partial charge in [0.15, 0.2) is 5.96 Å². The Kier molecular flexibility index (Phi) is 15.7. The zero-order chi connectivity index (χ0) is 30.4. The summed E-state index contributed by atoms with van der Waals surface area (Å²) in [5.41, 5.74) is 16.6. The van der Waals surface area contributed by atoms with Crippen LogP contribution in [0.15, 0.2) is 4.99 Å². The summed E-state index contributed by atoms with van der Waals surface area (Å²) in [6, 6.07) is -5.07. The Hall–Kier alpha value is -3.42. The van der Waals surface area contributed by atoms with Crippen LogP contribution in [-0.4, -0.2) is 77.4 Å². The van der Waals surface area contributed by atoms with Gasteiger partial charge in [-0.2, -0.15) is 0 Å². The average molecular weight is 557 g/mol. The van der Waals surface area contributed by atoms with Gasteiger partial charge < -0.3 is 43.6 Å². The van der Waals surface area contributed by atoms with Crippen LogP contribution in [-0.2, 0) is 24.0 Å². The highest BCUT2D eigenvalue weighted by Gasteiger charge is 2.32. The van der Waals surface area contributed by atoms with Crippen LogP contribution in [0.5, 0.6) is 0 Å². The molecule has 0 rings (SSSR count). The number of nitrogens with two attached hydrogens (primary N) is 3. The first-order valence-corrected chi connectivity index (χ1v) is 13.2. The lowest BCUT2D eigenvalue weighted by atomic mass is 10.00. The molecule has 0 radical (unpaired) electrons. The molecule has 4 amide bonds. The van der Waals surface area contributed by atoms with Crippen LogP contribution < -0.4 is 38.5 Å². The number of guanidine groups is 1. The zero-order valence-corrected chi connectivity index (χ0v) is 24.1. The second-order valence-electron chi connectivity index (χ2n) is 10.8. The Morgan fingerprint density at radius 2 is 1.31 bits per heavy atom. The van der Waals surface area contributed by atoms with Crippen molar-refractivity contribution in [3.63, 3.8) is 0 Å². The molecule has 0 bridgehead atoms. The van der Waals surface area contributed by atoms with Crippen LogP contribution in [0.3, 0.4) is 0 Å². The number of rotatable bonds is 17. The summed E-state index contributed by atoms with van der Waals surface area (Å²) < 4.78 is 0. The Morgan fingerprint density at radius 1 is 0.744 bits per heavy atom. The third-order valence-electron chi connectivity index (χ3n) is 5.92. The van der Waals surface area contributed by atoms with Gasteiger partial charge >= 0.3 is 5.97 Å². The Morgan fingerprint density at radius 3 is 1.77 bits per heavy atom. The molecule has 0 saturated heterocycles. The number of carbonyl (C=O) groups is 5. The van der Waals surface area contributed by atoms with Gasteiger partial charge in [-0.05, 0) is 43.9 Å². The van der Waals surface area contributed by atoms with Crippen molar-refractivity contribution in [2.24, 2.45) is 39.9 Å². The van der Waals surface area contributed by atoms with Crippen molar-refractivity contribution < 1.29 is 29.1 Å². The van der Waals surface area contributed by atoms with E-state index in [0.717, 1.165) is 0 Å². The summed E-state index contributed by atoms with van der Waals surface area (Å²) in [6.45, 7) is 12.3. The molecule has 0 fully saturated rings. The van der Waals surface area contributed by atoms with Crippen LogP contribution in [0.2, 0.25) is 0 Å². The summed E-state index contributed by atoms with van der Waals surface area (Å²) >= 11 is 0. The lowest BCUT2D eigenvalue weighted by molar-refractivity contribution is -0.143. The molecule has 0 aliphatic carbocycles. The minimum atomic E-state index is -1.17. The van der Waals surface area contributed by atoms with Gasteiger partial charge in [0.1, 0.15) is 24.2 Å². The maximum Gasteiger partial charge on any atom is 0.326 e. The highest BCUT2D eigenvalue weighted by Crippen LogP contribution is 2.09. The van der Waals surface area contributed by atoms with Crippen molar-refractivity contribution in [1.82, 2.24) is 21.3 Å². The molecule has 0 aromatic carbocycles. The number of aliphatic imine (C=N–C) groups is 1. The highest BCUT2D eigenvalue weighted by atomic mass is 16.4. The summed E-state index contributed by atoms with van der Waals surface area (Å²) in [4.78, 5) is 66.7. The van der Waals surface area contributed by atoms with E-state index in [9.17, 15) is 29.1 Å². The number of aliphatic carboxylic acids is 1. The minimum absolute atomic E-state index is 0.0247. The van der Waals surface area contributed by atoms with Gasteiger partial charge in [0.25, 0.3) is 0 Å². The maximum atomic E-state index is 13.0. The molecular weight excluding hydrogens is 508 g/mol. The van der Waals surface area contributed by atoms with Crippen molar-refractivity contribution in [3.05, 3.63) is 0 Å². The largest absolute Gasteiger partial charge is 0.480 e. The molecule has 14 nitrogen and oxygen atoms in total. The van der Waals surface area contributed by atoms with Gasteiger partial charge in [0.2, 0.25) is 23.6 Å². The molecule has 0 unspecified atom stereocenters. The Labute approximate surface area is 230 Å². The van der Waals surface area contributed by atoms with Crippen LogP contribution in [0.25, 0.3) is 0 Å². The first kappa shape index (κ1) is 35.6. The molecule has 0 heterocycles. The first-order valence-electron chi connectivity index (χ1n) is 13.2. The molecule has 39 heavy (non-hydrogen) atoms. The molecule has 224 valence electrons. The number of carbonyl (C=O) groups excluding carboxylic acids is 4. The maximum absolute atomic E-state index is 13.0. The molecule has 14 heteroatoms. The van der Waals surface area contributed by atoms with Gasteiger partial charge in [-0.3, -0.25) is 24.2 Å². The molecule has 0 aromatic heterocycles.